The molecule has 1 amide bonds. The van der Waals surface area contributed by atoms with E-state index in [1.807, 2.05) is 0 Å². The molecule has 1 saturated carbocycles. The van der Waals surface area contributed by atoms with Crippen LogP contribution < -0.4 is 10.1 Å². The van der Waals surface area contributed by atoms with Crippen LogP contribution in [-0.2, 0) is 9.59 Å². The molecule has 0 saturated heterocycles. The van der Waals surface area contributed by atoms with Gasteiger partial charge >= 0.3 is 5.97 Å². The number of nitrogens with one attached hydrogen (secondary N) is 1. The molecule has 1 aliphatic rings. The Morgan fingerprint density at radius 3 is 2.82 bits per heavy atom. The summed E-state index contributed by atoms with van der Waals surface area (Å²) in [5.41, 5.74) is 0. The molecule has 0 bridgehead atoms. The Morgan fingerprint density at radius 1 is 1.32 bits per heavy atom. The van der Waals surface area contributed by atoms with Gasteiger partial charge in [0.05, 0.1) is 12.5 Å². The molecule has 1 fully saturated rings. The second kappa shape index (κ2) is 7.77. The standard InChI is InChI=1S/C16H20FNO4/c17-13-5-2-6-14(10-13)22-8-7-18-15(19)11-3-1-4-12(9-11)16(20)21/h2,5-6,10-12H,1,3-4,7-9H2,(H,18,19)(H,20,21). The molecule has 2 unspecified atom stereocenters. The van der Waals surface area contributed by atoms with Gasteiger partial charge in [-0.05, 0) is 31.4 Å². The summed E-state index contributed by atoms with van der Waals surface area (Å²) in [7, 11) is 0. The predicted molar refractivity (Wildman–Crippen MR) is 78.0 cm³/mol. The van der Waals surface area contributed by atoms with E-state index in [4.69, 9.17) is 9.84 Å². The molecule has 6 heteroatoms. The molecule has 0 aliphatic heterocycles. The van der Waals surface area contributed by atoms with Crippen molar-refractivity contribution in [1.29, 1.82) is 0 Å². The van der Waals surface area contributed by atoms with Gasteiger partial charge in [-0.1, -0.05) is 12.5 Å². The highest BCUT2D eigenvalue weighted by Gasteiger charge is 2.30. The van der Waals surface area contributed by atoms with Crippen molar-refractivity contribution in [3.63, 3.8) is 0 Å². The van der Waals surface area contributed by atoms with E-state index >= 15 is 0 Å². The van der Waals surface area contributed by atoms with Crippen LogP contribution in [0.2, 0.25) is 0 Å². The minimum Gasteiger partial charge on any atom is -0.492 e. The highest BCUT2D eigenvalue weighted by molar-refractivity contribution is 5.80. The normalized spacial score (nSPS) is 21.1. The van der Waals surface area contributed by atoms with Crippen LogP contribution in [0, 0.1) is 17.7 Å². The van der Waals surface area contributed by atoms with E-state index in [1.165, 1.54) is 12.1 Å². The number of hydrogen-bond acceptors (Lipinski definition) is 3. The van der Waals surface area contributed by atoms with Crippen molar-refractivity contribution in [3.05, 3.63) is 30.1 Å². The first-order valence-corrected chi connectivity index (χ1v) is 7.45. The summed E-state index contributed by atoms with van der Waals surface area (Å²) in [5, 5.41) is 11.8. The number of benzene rings is 1. The van der Waals surface area contributed by atoms with E-state index in [1.54, 1.807) is 12.1 Å². The number of amides is 1. The number of carbonyl (C=O) groups is 2. The van der Waals surface area contributed by atoms with E-state index in [-0.39, 0.29) is 24.2 Å². The highest BCUT2D eigenvalue weighted by Crippen LogP contribution is 2.29. The summed E-state index contributed by atoms with van der Waals surface area (Å²) < 4.78 is 18.3. The fourth-order valence-electron chi connectivity index (χ4n) is 2.70. The van der Waals surface area contributed by atoms with Crippen molar-refractivity contribution in [2.75, 3.05) is 13.2 Å². The smallest absolute Gasteiger partial charge is 0.306 e. The second-order valence-corrected chi connectivity index (χ2v) is 5.50. The van der Waals surface area contributed by atoms with E-state index in [9.17, 15) is 14.0 Å². The Morgan fingerprint density at radius 2 is 2.09 bits per heavy atom. The number of carboxylic acid groups (broad SMARTS) is 1. The van der Waals surface area contributed by atoms with E-state index < -0.39 is 11.9 Å². The number of ether oxygens (including phenoxy) is 1. The van der Waals surface area contributed by atoms with Gasteiger partial charge in [0.1, 0.15) is 18.2 Å². The molecule has 0 heterocycles. The third-order valence-corrected chi connectivity index (χ3v) is 3.86. The van der Waals surface area contributed by atoms with Crippen LogP contribution in [0.4, 0.5) is 4.39 Å². The Balaban J connectivity index is 1.70. The number of aliphatic carboxylic acids is 1. The fraction of sp³-hybridized carbons (Fsp3) is 0.500. The van der Waals surface area contributed by atoms with Crippen LogP contribution in [0.1, 0.15) is 25.7 Å². The van der Waals surface area contributed by atoms with Crippen LogP contribution in [0.25, 0.3) is 0 Å². The fourth-order valence-corrected chi connectivity index (χ4v) is 2.70. The number of hydrogen-bond donors (Lipinski definition) is 2. The van der Waals surface area contributed by atoms with Crippen molar-refractivity contribution in [2.45, 2.75) is 25.7 Å². The minimum atomic E-state index is -0.827. The first-order chi connectivity index (χ1) is 10.6. The molecule has 1 aromatic carbocycles. The lowest BCUT2D eigenvalue weighted by Gasteiger charge is -2.25. The molecule has 0 radical (unpaired) electrons. The summed E-state index contributed by atoms with van der Waals surface area (Å²) >= 11 is 0. The zero-order chi connectivity index (χ0) is 15.9. The number of rotatable bonds is 6. The van der Waals surface area contributed by atoms with E-state index in [2.05, 4.69) is 5.32 Å². The molecule has 0 aromatic heterocycles. The average molecular weight is 309 g/mol. The quantitative estimate of drug-likeness (QED) is 0.790. The zero-order valence-corrected chi connectivity index (χ0v) is 12.3. The van der Waals surface area contributed by atoms with Crippen LogP contribution in [0.5, 0.6) is 5.75 Å². The monoisotopic (exact) mass is 309 g/mol. The molecule has 1 aromatic rings. The largest absolute Gasteiger partial charge is 0.492 e. The average Bonchev–Trinajstić information content (AvgIpc) is 2.51. The molecule has 1 aliphatic carbocycles. The van der Waals surface area contributed by atoms with Gasteiger partial charge in [0.15, 0.2) is 0 Å². The lowest BCUT2D eigenvalue weighted by Crippen LogP contribution is -2.37. The van der Waals surface area contributed by atoms with Crippen LogP contribution in [0.3, 0.4) is 0 Å². The van der Waals surface area contributed by atoms with Gasteiger partial charge in [-0.2, -0.15) is 0 Å². The van der Waals surface area contributed by atoms with Gasteiger partial charge in [-0.25, -0.2) is 4.39 Å². The maximum Gasteiger partial charge on any atom is 0.306 e. The number of carbonyl (C=O) groups excluding carboxylic acids is 1. The van der Waals surface area contributed by atoms with Crippen molar-refractivity contribution in [1.82, 2.24) is 5.32 Å². The number of carboxylic acids is 1. The summed E-state index contributed by atoms with van der Waals surface area (Å²) in [6.45, 7) is 0.549. The zero-order valence-electron chi connectivity index (χ0n) is 12.3. The summed E-state index contributed by atoms with van der Waals surface area (Å²) in [4.78, 5) is 23.0. The molecule has 5 nitrogen and oxygen atoms in total. The Bertz CT molecular complexity index is 535. The molecule has 120 valence electrons. The summed E-state index contributed by atoms with van der Waals surface area (Å²) in [6.07, 6.45) is 2.52. The predicted octanol–water partition coefficient (Wildman–Crippen LogP) is 2.21. The second-order valence-electron chi connectivity index (χ2n) is 5.50. The minimum absolute atomic E-state index is 0.131. The first kappa shape index (κ1) is 16.3. The van der Waals surface area contributed by atoms with Crippen LogP contribution in [-0.4, -0.2) is 30.1 Å². The lowest BCUT2D eigenvalue weighted by atomic mass is 9.81. The topological polar surface area (TPSA) is 75.6 Å². The molecule has 2 rings (SSSR count). The molecule has 2 N–H and O–H groups in total. The van der Waals surface area contributed by atoms with Crippen molar-refractivity contribution >= 4 is 11.9 Å². The first-order valence-electron chi connectivity index (χ1n) is 7.45. The molecule has 2 atom stereocenters. The Hall–Kier alpha value is -2.11. The van der Waals surface area contributed by atoms with Gasteiger partial charge in [-0.3, -0.25) is 9.59 Å². The van der Waals surface area contributed by atoms with Crippen molar-refractivity contribution in [2.24, 2.45) is 11.8 Å². The third-order valence-electron chi connectivity index (χ3n) is 3.86. The van der Waals surface area contributed by atoms with Gasteiger partial charge in [-0.15, -0.1) is 0 Å². The van der Waals surface area contributed by atoms with Crippen molar-refractivity contribution < 1.29 is 23.8 Å². The maximum absolute atomic E-state index is 13.0. The molecular formula is C16H20FNO4. The lowest BCUT2D eigenvalue weighted by molar-refractivity contribution is -0.144. The third kappa shape index (κ3) is 4.72. The summed E-state index contributed by atoms with van der Waals surface area (Å²) in [5.74, 6) is -1.58. The van der Waals surface area contributed by atoms with Gasteiger partial charge in [0.25, 0.3) is 0 Å². The van der Waals surface area contributed by atoms with Gasteiger partial charge < -0.3 is 15.2 Å². The van der Waals surface area contributed by atoms with E-state index in [0.29, 0.717) is 25.1 Å². The highest BCUT2D eigenvalue weighted by atomic mass is 19.1. The van der Waals surface area contributed by atoms with Gasteiger partial charge in [0, 0.05) is 12.0 Å². The Kier molecular flexibility index (Phi) is 5.75. The van der Waals surface area contributed by atoms with Crippen LogP contribution in [0.15, 0.2) is 24.3 Å². The van der Waals surface area contributed by atoms with Crippen molar-refractivity contribution in [3.8, 4) is 5.75 Å². The molecule has 22 heavy (non-hydrogen) atoms. The molecule has 0 spiro atoms. The van der Waals surface area contributed by atoms with Crippen LogP contribution >= 0.6 is 0 Å². The number of halogens is 1. The summed E-state index contributed by atoms with van der Waals surface area (Å²) in [6, 6.07) is 5.80. The Labute approximate surface area is 128 Å². The van der Waals surface area contributed by atoms with E-state index in [0.717, 1.165) is 12.8 Å². The molecular weight excluding hydrogens is 289 g/mol. The SMILES string of the molecule is O=C(O)C1CCCC(C(=O)NCCOc2cccc(F)c2)C1. The maximum atomic E-state index is 13.0. The van der Waals surface area contributed by atoms with Gasteiger partial charge in [0.2, 0.25) is 5.91 Å².